The van der Waals surface area contributed by atoms with E-state index in [0.29, 0.717) is 0 Å². The first-order chi connectivity index (χ1) is 6.97. The first kappa shape index (κ1) is 13.2. The molecule has 1 fully saturated rings. The first-order valence-electron chi connectivity index (χ1n) is 6.27. The molecule has 0 N–H and O–H groups in total. The Balaban J connectivity index is 2.12. The molecule has 90 valence electrons. The van der Waals surface area contributed by atoms with Crippen molar-refractivity contribution in [1.29, 1.82) is 0 Å². The van der Waals surface area contributed by atoms with Gasteiger partial charge in [0.15, 0.2) is 0 Å². The predicted octanol–water partition coefficient (Wildman–Crippen LogP) is 2.68. The van der Waals surface area contributed by atoms with E-state index in [0.717, 1.165) is 32.2 Å². The summed E-state index contributed by atoms with van der Waals surface area (Å²) in [7, 11) is -0.850. The summed E-state index contributed by atoms with van der Waals surface area (Å²) in [6, 6.07) is 1.47. The van der Waals surface area contributed by atoms with Gasteiger partial charge in [0.25, 0.3) is 0 Å². The number of hydrogen-bond acceptors (Lipinski definition) is 2. The summed E-state index contributed by atoms with van der Waals surface area (Å²) < 4.78 is 5.35. The third-order valence-electron chi connectivity index (χ3n) is 3.00. The normalized spacial score (nSPS) is 21.6. The molecule has 0 radical (unpaired) electrons. The zero-order valence-corrected chi connectivity index (χ0v) is 11.9. The Bertz CT molecular complexity index is 173. The topological polar surface area (TPSA) is 12.5 Å². The van der Waals surface area contributed by atoms with Gasteiger partial charge in [-0.25, -0.2) is 0 Å². The van der Waals surface area contributed by atoms with Gasteiger partial charge in [-0.3, -0.25) is 4.90 Å². The second-order valence-electron chi connectivity index (χ2n) is 6.11. The standard InChI is InChI=1S/C12H27NOSi/c1-12(11-15(2,3)4)5-6-13-7-9-14-10-8-13/h12H,5-11H2,1-4H3. The van der Waals surface area contributed by atoms with Crippen LogP contribution in [0.5, 0.6) is 0 Å². The number of morpholine rings is 1. The van der Waals surface area contributed by atoms with Gasteiger partial charge in [-0.1, -0.05) is 32.6 Å². The van der Waals surface area contributed by atoms with Crippen molar-refractivity contribution < 1.29 is 4.74 Å². The third-order valence-corrected chi connectivity index (χ3v) is 4.92. The molecule has 0 aromatic heterocycles. The van der Waals surface area contributed by atoms with E-state index in [9.17, 15) is 0 Å². The average Bonchev–Trinajstić information content (AvgIpc) is 2.14. The highest BCUT2D eigenvalue weighted by atomic mass is 28.3. The molecule has 0 aromatic carbocycles. The lowest BCUT2D eigenvalue weighted by molar-refractivity contribution is 0.0359. The smallest absolute Gasteiger partial charge is 0.0594 e. The Morgan fingerprint density at radius 2 is 1.80 bits per heavy atom. The van der Waals surface area contributed by atoms with Crippen LogP contribution >= 0.6 is 0 Å². The van der Waals surface area contributed by atoms with Crippen LogP contribution in [0.2, 0.25) is 25.7 Å². The summed E-state index contributed by atoms with van der Waals surface area (Å²) in [5.74, 6) is 0.902. The molecule has 1 aliphatic heterocycles. The third kappa shape index (κ3) is 6.33. The maximum atomic E-state index is 5.35. The fourth-order valence-electron chi connectivity index (χ4n) is 2.38. The van der Waals surface area contributed by atoms with Crippen LogP contribution in [0.1, 0.15) is 13.3 Å². The number of ether oxygens (including phenoxy) is 1. The van der Waals surface area contributed by atoms with Crippen molar-refractivity contribution >= 4 is 8.07 Å². The lowest BCUT2D eigenvalue weighted by atomic mass is 10.1. The van der Waals surface area contributed by atoms with Gasteiger partial charge in [-0.2, -0.15) is 0 Å². The van der Waals surface area contributed by atoms with Crippen molar-refractivity contribution in [2.24, 2.45) is 5.92 Å². The van der Waals surface area contributed by atoms with Crippen molar-refractivity contribution in [3.05, 3.63) is 0 Å². The minimum absolute atomic E-state index is 0.850. The van der Waals surface area contributed by atoms with E-state index in [4.69, 9.17) is 4.74 Å². The molecule has 0 saturated carbocycles. The van der Waals surface area contributed by atoms with E-state index in [2.05, 4.69) is 31.5 Å². The molecule has 0 amide bonds. The molecule has 1 aliphatic rings. The molecule has 0 aliphatic carbocycles. The number of hydrogen-bond donors (Lipinski definition) is 0. The summed E-state index contributed by atoms with van der Waals surface area (Å²) in [6.07, 6.45) is 1.37. The zero-order valence-electron chi connectivity index (χ0n) is 10.9. The SMILES string of the molecule is CC(CCN1CCOCC1)C[Si](C)(C)C. The van der Waals surface area contributed by atoms with Crippen LogP contribution in [0.25, 0.3) is 0 Å². The second-order valence-corrected chi connectivity index (χ2v) is 11.6. The lowest BCUT2D eigenvalue weighted by Crippen LogP contribution is -2.37. The molecular weight excluding hydrogens is 202 g/mol. The van der Waals surface area contributed by atoms with E-state index in [1.165, 1.54) is 19.0 Å². The molecular formula is C12H27NOSi. The lowest BCUT2D eigenvalue weighted by Gasteiger charge is -2.28. The van der Waals surface area contributed by atoms with Crippen molar-refractivity contribution in [1.82, 2.24) is 4.90 Å². The Hall–Kier alpha value is 0.137. The maximum Gasteiger partial charge on any atom is 0.0594 e. The molecule has 15 heavy (non-hydrogen) atoms. The van der Waals surface area contributed by atoms with Crippen molar-refractivity contribution in [3.63, 3.8) is 0 Å². The van der Waals surface area contributed by atoms with Gasteiger partial charge in [0.2, 0.25) is 0 Å². The van der Waals surface area contributed by atoms with Crippen molar-refractivity contribution in [2.45, 2.75) is 39.0 Å². The Kier molecular flexibility index (Phi) is 5.30. The minimum atomic E-state index is -0.850. The van der Waals surface area contributed by atoms with Gasteiger partial charge in [0, 0.05) is 21.2 Å². The molecule has 1 unspecified atom stereocenters. The molecule has 1 saturated heterocycles. The second kappa shape index (κ2) is 6.02. The monoisotopic (exact) mass is 229 g/mol. The van der Waals surface area contributed by atoms with Crippen molar-refractivity contribution in [2.75, 3.05) is 32.8 Å². The largest absolute Gasteiger partial charge is 0.379 e. The minimum Gasteiger partial charge on any atom is -0.379 e. The van der Waals surface area contributed by atoms with E-state index < -0.39 is 8.07 Å². The van der Waals surface area contributed by atoms with Crippen LogP contribution in [-0.4, -0.2) is 45.8 Å². The molecule has 1 heterocycles. The molecule has 1 atom stereocenters. The summed E-state index contributed by atoms with van der Waals surface area (Å²) >= 11 is 0. The van der Waals surface area contributed by atoms with Gasteiger partial charge in [0.1, 0.15) is 0 Å². The van der Waals surface area contributed by atoms with E-state index in [1.54, 1.807) is 0 Å². The number of rotatable bonds is 5. The molecule has 2 nitrogen and oxygen atoms in total. The Morgan fingerprint density at radius 3 is 2.33 bits per heavy atom. The summed E-state index contributed by atoms with van der Waals surface area (Å²) in [5, 5.41) is 0. The maximum absolute atomic E-state index is 5.35. The van der Waals surface area contributed by atoms with Crippen LogP contribution in [-0.2, 0) is 4.74 Å². The summed E-state index contributed by atoms with van der Waals surface area (Å²) in [5.41, 5.74) is 0. The van der Waals surface area contributed by atoms with E-state index in [1.807, 2.05) is 0 Å². The van der Waals surface area contributed by atoms with Gasteiger partial charge < -0.3 is 4.74 Å². The van der Waals surface area contributed by atoms with Gasteiger partial charge >= 0.3 is 0 Å². The van der Waals surface area contributed by atoms with E-state index >= 15 is 0 Å². The quantitative estimate of drug-likeness (QED) is 0.672. The van der Waals surface area contributed by atoms with Crippen LogP contribution in [0.15, 0.2) is 0 Å². The van der Waals surface area contributed by atoms with Gasteiger partial charge in [-0.15, -0.1) is 0 Å². The highest BCUT2D eigenvalue weighted by Crippen LogP contribution is 2.19. The summed E-state index contributed by atoms with van der Waals surface area (Å²) in [6.45, 7) is 15.2. The van der Waals surface area contributed by atoms with Crippen LogP contribution < -0.4 is 0 Å². The molecule has 3 heteroatoms. The van der Waals surface area contributed by atoms with Crippen LogP contribution in [0, 0.1) is 5.92 Å². The molecule has 0 bridgehead atoms. The summed E-state index contributed by atoms with van der Waals surface area (Å²) in [4.78, 5) is 2.55. The fraction of sp³-hybridized carbons (Fsp3) is 1.00. The highest BCUT2D eigenvalue weighted by molar-refractivity contribution is 6.76. The number of nitrogens with zero attached hydrogens (tertiary/aromatic N) is 1. The average molecular weight is 229 g/mol. The molecule has 0 spiro atoms. The van der Waals surface area contributed by atoms with Crippen molar-refractivity contribution in [3.8, 4) is 0 Å². The Labute approximate surface area is 96.0 Å². The van der Waals surface area contributed by atoms with E-state index in [-0.39, 0.29) is 0 Å². The van der Waals surface area contributed by atoms with Crippen LogP contribution in [0.4, 0.5) is 0 Å². The fourth-order valence-corrected chi connectivity index (χ4v) is 4.67. The molecule has 0 aromatic rings. The first-order valence-corrected chi connectivity index (χ1v) is 9.98. The predicted molar refractivity (Wildman–Crippen MR) is 69.2 cm³/mol. The zero-order chi connectivity index (χ0) is 11.3. The van der Waals surface area contributed by atoms with Gasteiger partial charge in [-0.05, 0) is 18.9 Å². The Morgan fingerprint density at radius 1 is 1.20 bits per heavy atom. The highest BCUT2D eigenvalue weighted by Gasteiger charge is 2.18. The van der Waals surface area contributed by atoms with Gasteiger partial charge in [0.05, 0.1) is 13.2 Å². The molecule has 1 rings (SSSR count). The van der Waals surface area contributed by atoms with Crippen LogP contribution in [0.3, 0.4) is 0 Å².